The summed E-state index contributed by atoms with van der Waals surface area (Å²) in [6.45, 7) is 0. The molecular weight excluding hydrogens is 350 g/mol. The zero-order valence-corrected chi connectivity index (χ0v) is 15.2. The van der Waals surface area contributed by atoms with Crippen molar-refractivity contribution in [3.63, 3.8) is 0 Å². The van der Waals surface area contributed by atoms with Crippen molar-refractivity contribution in [2.45, 2.75) is 12.5 Å². The first-order valence-electron chi connectivity index (χ1n) is 9.10. The highest BCUT2D eigenvalue weighted by atomic mass is 16.3. The lowest BCUT2D eigenvalue weighted by Gasteiger charge is -2.13. The van der Waals surface area contributed by atoms with Gasteiger partial charge in [0.15, 0.2) is 5.78 Å². The Labute approximate surface area is 162 Å². The van der Waals surface area contributed by atoms with Crippen LogP contribution in [-0.4, -0.2) is 15.5 Å². The number of hydrogen-bond donors (Lipinski definition) is 1. The van der Waals surface area contributed by atoms with E-state index in [1.165, 1.54) is 4.57 Å². The quantitative estimate of drug-likeness (QED) is 0.534. The Morgan fingerprint density at radius 3 is 2.36 bits per heavy atom. The van der Waals surface area contributed by atoms with Crippen LogP contribution < -0.4 is 5.56 Å². The van der Waals surface area contributed by atoms with E-state index in [0.29, 0.717) is 11.3 Å². The van der Waals surface area contributed by atoms with Crippen LogP contribution >= 0.6 is 0 Å². The molecule has 28 heavy (non-hydrogen) atoms. The monoisotopic (exact) mass is 369 g/mol. The van der Waals surface area contributed by atoms with E-state index in [0.717, 1.165) is 10.8 Å². The SMILES string of the molecule is O=C(CC(O)c1cccn(-c2ccc3ccccc3c2)c1=O)c1ccccc1. The second kappa shape index (κ2) is 7.62. The molecule has 1 heterocycles. The Balaban J connectivity index is 1.66. The molecule has 0 radical (unpaired) electrons. The lowest BCUT2D eigenvalue weighted by Crippen LogP contribution is -2.24. The molecule has 0 spiro atoms. The number of ketones is 1. The second-order valence-electron chi connectivity index (χ2n) is 6.68. The Hall–Kier alpha value is -3.50. The number of benzene rings is 3. The number of aliphatic hydroxyl groups excluding tert-OH is 1. The van der Waals surface area contributed by atoms with Crippen molar-refractivity contribution in [2.24, 2.45) is 0 Å². The van der Waals surface area contributed by atoms with Gasteiger partial charge in [-0.25, -0.2) is 0 Å². The summed E-state index contributed by atoms with van der Waals surface area (Å²) in [5.74, 6) is -0.200. The average Bonchev–Trinajstić information content (AvgIpc) is 2.74. The van der Waals surface area contributed by atoms with Crippen molar-refractivity contribution >= 4 is 16.6 Å². The van der Waals surface area contributed by atoms with Gasteiger partial charge in [0.25, 0.3) is 5.56 Å². The summed E-state index contributed by atoms with van der Waals surface area (Å²) in [4.78, 5) is 25.3. The molecule has 0 aliphatic carbocycles. The summed E-state index contributed by atoms with van der Waals surface area (Å²) >= 11 is 0. The first-order chi connectivity index (χ1) is 13.6. The highest BCUT2D eigenvalue weighted by molar-refractivity contribution is 5.96. The molecule has 3 aromatic carbocycles. The fourth-order valence-corrected chi connectivity index (χ4v) is 3.32. The minimum absolute atomic E-state index is 0.138. The minimum atomic E-state index is -1.16. The van der Waals surface area contributed by atoms with Crippen molar-refractivity contribution in [1.29, 1.82) is 0 Å². The van der Waals surface area contributed by atoms with Crippen LogP contribution in [0.3, 0.4) is 0 Å². The number of rotatable bonds is 5. The second-order valence-corrected chi connectivity index (χ2v) is 6.68. The number of aliphatic hydroxyl groups is 1. The summed E-state index contributed by atoms with van der Waals surface area (Å²) in [6, 6.07) is 25.7. The van der Waals surface area contributed by atoms with Gasteiger partial charge in [0.1, 0.15) is 0 Å². The van der Waals surface area contributed by atoms with Gasteiger partial charge in [-0.2, -0.15) is 0 Å². The highest BCUT2D eigenvalue weighted by Crippen LogP contribution is 2.20. The topological polar surface area (TPSA) is 59.3 Å². The Kier molecular flexibility index (Phi) is 4.87. The first kappa shape index (κ1) is 17.9. The predicted molar refractivity (Wildman–Crippen MR) is 110 cm³/mol. The normalized spacial score (nSPS) is 12.0. The summed E-state index contributed by atoms with van der Waals surface area (Å²) in [7, 11) is 0. The van der Waals surface area contributed by atoms with E-state index in [1.54, 1.807) is 42.6 Å². The molecule has 138 valence electrons. The van der Waals surface area contributed by atoms with E-state index in [1.807, 2.05) is 48.5 Å². The van der Waals surface area contributed by atoms with Crippen LogP contribution in [0, 0.1) is 0 Å². The van der Waals surface area contributed by atoms with Gasteiger partial charge < -0.3 is 5.11 Å². The van der Waals surface area contributed by atoms with E-state index in [-0.39, 0.29) is 23.3 Å². The smallest absolute Gasteiger partial charge is 0.260 e. The van der Waals surface area contributed by atoms with E-state index in [9.17, 15) is 14.7 Å². The molecule has 1 aromatic heterocycles. The van der Waals surface area contributed by atoms with Crippen molar-refractivity contribution in [3.05, 3.63) is 113 Å². The molecule has 0 saturated heterocycles. The van der Waals surface area contributed by atoms with Crippen molar-refractivity contribution in [3.8, 4) is 5.69 Å². The number of aromatic nitrogens is 1. The molecular formula is C24H19NO3. The molecule has 4 aromatic rings. The third-order valence-corrected chi connectivity index (χ3v) is 4.82. The Morgan fingerprint density at radius 2 is 1.57 bits per heavy atom. The molecule has 0 saturated carbocycles. The first-order valence-corrected chi connectivity index (χ1v) is 9.10. The molecule has 4 rings (SSSR count). The van der Waals surface area contributed by atoms with Crippen molar-refractivity contribution in [1.82, 2.24) is 4.57 Å². The fourth-order valence-electron chi connectivity index (χ4n) is 3.32. The van der Waals surface area contributed by atoms with Crippen molar-refractivity contribution < 1.29 is 9.90 Å². The lowest BCUT2D eigenvalue weighted by molar-refractivity contribution is 0.0878. The molecule has 0 aliphatic heterocycles. The van der Waals surface area contributed by atoms with Gasteiger partial charge in [0.2, 0.25) is 0 Å². The van der Waals surface area contributed by atoms with Crippen LogP contribution in [0.2, 0.25) is 0 Å². The lowest BCUT2D eigenvalue weighted by atomic mass is 10.0. The zero-order valence-electron chi connectivity index (χ0n) is 15.2. The van der Waals surface area contributed by atoms with Gasteiger partial charge in [-0.15, -0.1) is 0 Å². The van der Waals surface area contributed by atoms with Gasteiger partial charge >= 0.3 is 0 Å². The van der Waals surface area contributed by atoms with Gasteiger partial charge in [0.05, 0.1) is 6.10 Å². The van der Waals surface area contributed by atoms with Crippen LogP contribution in [0.15, 0.2) is 95.9 Å². The summed E-state index contributed by atoms with van der Waals surface area (Å²) in [6.07, 6.45) is 0.371. The highest BCUT2D eigenvalue weighted by Gasteiger charge is 2.18. The average molecular weight is 369 g/mol. The van der Waals surface area contributed by atoms with Crippen LogP contribution in [0.1, 0.15) is 28.4 Å². The number of hydrogen-bond acceptors (Lipinski definition) is 3. The van der Waals surface area contributed by atoms with Crippen LogP contribution in [-0.2, 0) is 0 Å². The summed E-state index contributed by atoms with van der Waals surface area (Å²) < 4.78 is 1.50. The molecule has 0 bridgehead atoms. The van der Waals surface area contributed by atoms with Crippen LogP contribution in [0.25, 0.3) is 16.5 Å². The van der Waals surface area contributed by atoms with Gasteiger partial charge in [-0.05, 0) is 35.0 Å². The zero-order chi connectivity index (χ0) is 19.5. The minimum Gasteiger partial charge on any atom is -0.388 e. The van der Waals surface area contributed by atoms with Crippen molar-refractivity contribution in [2.75, 3.05) is 0 Å². The molecule has 4 heteroatoms. The van der Waals surface area contributed by atoms with Crippen LogP contribution in [0.4, 0.5) is 0 Å². The number of fused-ring (bicyclic) bond motifs is 1. The number of carbonyl (C=O) groups is 1. The largest absolute Gasteiger partial charge is 0.388 e. The molecule has 0 amide bonds. The number of carbonyl (C=O) groups excluding carboxylic acids is 1. The fraction of sp³-hybridized carbons (Fsp3) is 0.0833. The summed E-state index contributed by atoms with van der Waals surface area (Å²) in [5.41, 5.74) is 1.12. The van der Waals surface area contributed by atoms with E-state index in [2.05, 4.69) is 0 Å². The summed E-state index contributed by atoms with van der Waals surface area (Å²) in [5, 5.41) is 12.7. The van der Waals surface area contributed by atoms with E-state index < -0.39 is 6.10 Å². The molecule has 4 nitrogen and oxygen atoms in total. The molecule has 0 fully saturated rings. The van der Waals surface area contributed by atoms with Gasteiger partial charge in [0, 0.05) is 29.4 Å². The Bertz CT molecular complexity index is 1200. The number of Topliss-reactive ketones (excluding diaryl/α,β-unsaturated/α-hetero) is 1. The molecule has 0 aliphatic rings. The number of nitrogens with zero attached hydrogens (tertiary/aromatic N) is 1. The maximum Gasteiger partial charge on any atom is 0.260 e. The predicted octanol–water partition coefficient (Wildman–Crippen LogP) is 4.30. The third kappa shape index (κ3) is 3.50. The maximum atomic E-state index is 13.0. The standard InChI is InChI=1S/C24H19NO3/c26-22(18-8-2-1-3-9-18)16-23(27)21-11-6-14-25(24(21)28)20-13-12-17-7-4-5-10-19(17)15-20/h1-15,23,27H,16H2. The van der Waals surface area contributed by atoms with Gasteiger partial charge in [-0.1, -0.05) is 60.7 Å². The maximum absolute atomic E-state index is 13.0. The van der Waals surface area contributed by atoms with E-state index >= 15 is 0 Å². The van der Waals surface area contributed by atoms with E-state index in [4.69, 9.17) is 0 Å². The van der Waals surface area contributed by atoms with Crippen LogP contribution in [0.5, 0.6) is 0 Å². The Morgan fingerprint density at radius 1 is 0.857 bits per heavy atom. The molecule has 1 atom stereocenters. The van der Waals surface area contributed by atoms with Gasteiger partial charge in [-0.3, -0.25) is 14.2 Å². The molecule has 1 N–H and O–H groups in total. The molecule has 1 unspecified atom stereocenters. The third-order valence-electron chi connectivity index (χ3n) is 4.82. The number of pyridine rings is 1.